The van der Waals surface area contributed by atoms with Crippen LogP contribution in [0.1, 0.15) is 40.0 Å². The van der Waals surface area contributed by atoms with E-state index in [2.05, 4.69) is 26.3 Å². The zero-order valence-corrected chi connectivity index (χ0v) is 16.4. The van der Waals surface area contributed by atoms with Gasteiger partial charge in [-0.05, 0) is 25.5 Å². The van der Waals surface area contributed by atoms with Crippen molar-refractivity contribution < 1.29 is 9.90 Å². The van der Waals surface area contributed by atoms with Crippen LogP contribution in [0.15, 0.2) is 55.0 Å². The van der Waals surface area contributed by atoms with E-state index in [0.717, 1.165) is 5.56 Å². The van der Waals surface area contributed by atoms with E-state index in [4.69, 9.17) is 0 Å². The number of aromatic nitrogens is 4. The number of aryl methyl sites for hydroxylation is 1. The fourth-order valence-electron chi connectivity index (χ4n) is 3.34. The van der Waals surface area contributed by atoms with Crippen molar-refractivity contribution in [2.75, 3.05) is 5.32 Å². The Morgan fingerprint density at radius 1 is 1.20 bits per heavy atom. The van der Waals surface area contributed by atoms with E-state index < -0.39 is 5.97 Å². The highest BCUT2D eigenvalue weighted by Gasteiger charge is 2.18. The first-order valence-electron chi connectivity index (χ1n) is 9.28. The van der Waals surface area contributed by atoms with E-state index in [-0.39, 0.29) is 11.6 Å². The second kappa shape index (κ2) is 7.64. The minimum absolute atomic E-state index is 0.0328. The Hall–Kier alpha value is -4.25. The van der Waals surface area contributed by atoms with E-state index in [1.165, 1.54) is 12.3 Å². The van der Waals surface area contributed by atoms with Gasteiger partial charge in [0.2, 0.25) is 5.95 Å². The van der Waals surface area contributed by atoms with Gasteiger partial charge >= 0.3 is 5.97 Å². The fourth-order valence-corrected chi connectivity index (χ4v) is 3.34. The first-order valence-corrected chi connectivity index (χ1v) is 9.28. The summed E-state index contributed by atoms with van der Waals surface area (Å²) < 4.78 is 1.73. The second-order valence-corrected chi connectivity index (χ2v) is 6.84. The smallest absolute Gasteiger partial charge is 0.336 e. The van der Waals surface area contributed by atoms with Crippen molar-refractivity contribution >= 4 is 17.6 Å². The molecule has 3 aromatic heterocycles. The maximum Gasteiger partial charge on any atom is 0.336 e. The van der Waals surface area contributed by atoms with Gasteiger partial charge in [-0.3, -0.25) is 4.40 Å². The lowest BCUT2D eigenvalue weighted by atomic mass is 10.1. The minimum Gasteiger partial charge on any atom is -0.478 e. The van der Waals surface area contributed by atoms with Crippen molar-refractivity contribution in [1.29, 1.82) is 5.26 Å². The molecule has 8 heteroatoms. The number of fused-ring (bicyclic) bond motifs is 1. The van der Waals surface area contributed by atoms with E-state index in [1.807, 2.05) is 37.3 Å². The molecule has 0 radical (unpaired) electrons. The standard InChI is InChI=1S/C22H18N6O2/c1-13-17(21(29)30)8-9-28-18(12-24-20(13)28)19-16(10-23)11-25-22(27-19)26-14(2)15-6-4-3-5-7-15/h3-9,11-12,14H,1-2H3,(H,29,30)(H,25,26,27)/t14-/m0/s1. The van der Waals surface area contributed by atoms with Crippen LogP contribution < -0.4 is 5.32 Å². The molecule has 148 valence electrons. The van der Waals surface area contributed by atoms with E-state index >= 15 is 0 Å². The second-order valence-electron chi connectivity index (χ2n) is 6.84. The van der Waals surface area contributed by atoms with Gasteiger partial charge in [0.15, 0.2) is 0 Å². The molecule has 1 atom stereocenters. The molecule has 8 nitrogen and oxygen atoms in total. The van der Waals surface area contributed by atoms with E-state index in [1.54, 1.807) is 23.7 Å². The molecule has 0 fully saturated rings. The lowest BCUT2D eigenvalue weighted by Gasteiger charge is -2.15. The lowest BCUT2D eigenvalue weighted by molar-refractivity contribution is 0.0696. The third-order valence-corrected chi connectivity index (χ3v) is 4.95. The fraction of sp³-hybridized carbons (Fsp3) is 0.136. The third kappa shape index (κ3) is 3.33. The van der Waals surface area contributed by atoms with Crippen LogP contribution >= 0.6 is 0 Å². The molecule has 1 aromatic carbocycles. The number of carbonyl (C=O) groups is 1. The maximum atomic E-state index is 11.4. The number of imidazole rings is 1. The summed E-state index contributed by atoms with van der Waals surface area (Å²) in [5.41, 5.74) is 3.61. The van der Waals surface area contributed by atoms with Gasteiger partial charge in [0.1, 0.15) is 17.4 Å². The number of nitrogens with one attached hydrogen (secondary N) is 1. The van der Waals surface area contributed by atoms with E-state index in [9.17, 15) is 15.2 Å². The predicted molar refractivity (Wildman–Crippen MR) is 111 cm³/mol. The minimum atomic E-state index is -1.01. The summed E-state index contributed by atoms with van der Waals surface area (Å²) >= 11 is 0. The quantitative estimate of drug-likeness (QED) is 0.524. The number of pyridine rings is 1. The Bertz CT molecular complexity index is 1290. The zero-order valence-electron chi connectivity index (χ0n) is 16.4. The molecule has 0 aliphatic heterocycles. The summed E-state index contributed by atoms with van der Waals surface area (Å²) in [5.74, 6) is -0.630. The Labute approximate surface area is 172 Å². The Morgan fingerprint density at radius 2 is 1.97 bits per heavy atom. The molecule has 30 heavy (non-hydrogen) atoms. The van der Waals surface area contributed by atoms with Crippen molar-refractivity contribution in [3.63, 3.8) is 0 Å². The Morgan fingerprint density at radius 3 is 2.67 bits per heavy atom. The SMILES string of the molecule is Cc1c(C(=O)O)ccn2c(-c3nc(N[C@@H](C)c4ccccc4)ncc3C#N)cnc12. The summed E-state index contributed by atoms with van der Waals surface area (Å²) in [7, 11) is 0. The molecule has 0 aliphatic carbocycles. The molecule has 4 aromatic rings. The van der Waals surface area contributed by atoms with Crippen molar-refractivity contribution in [2.45, 2.75) is 19.9 Å². The van der Waals surface area contributed by atoms with Gasteiger partial charge in [-0.25, -0.2) is 19.7 Å². The summed E-state index contributed by atoms with van der Waals surface area (Å²) in [6.45, 7) is 3.71. The summed E-state index contributed by atoms with van der Waals surface area (Å²) in [5, 5.41) is 22.1. The van der Waals surface area contributed by atoms with Gasteiger partial charge in [0.05, 0.1) is 35.3 Å². The molecule has 0 unspecified atom stereocenters. The van der Waals surface area contributed by atoms with Crippen LogP contribution in [0.25, 0.3) is 17.0 Å². The topological polar surface area (TPSA) is 116 Å². The van der Waals surface area contributed by atoms with Gasteiger partial charge in [-0.15, -0.1) is 0 Å². The van der Waals surface area contributed by atoms with Gasteiger partial charge in [0, 0.05) is 11.8 Å². The average Bonchev–Trinajstić information content (AvgIpc) is 3.19. The van der Waals surface area contributed by atoms with E-state index in [0.29, 0.717) is 34.1 Å². The van der Waals surface area contributed by atoms with Gasteiger partial charge < -0.3 is 10.4 Å². The molecule has 0 saturated carbocycles. The monoisotopic (exact) mass is 398 g/mol. The third-order valence-electron chi connectivity index (χ3n) is 4.95. The number of nitriles is 1. The van der Waals surface area contributed by atoms with Crippen LogP contribution in [0.2, 0.25) is 0 Å². The highest BCUT2D eigenvalue weighted by molar-refractivity contribution is 5.91. The summed E-state index contributed by atoms with van der Waals surface area (Å²) in [6, 6.07) is 13.5. The number of carboxylic acids is 1. The molecule has 4 rings (SSSR count). The van der Waals surface area contributed by atoms with Crippen LogP contribution in [0.3, 0.4) is 0 Å². The normalized spacial score (nSPS) is 11.8. The first-order chi connectivity index (χ1) is 14.5. The number of carboxylic acid groups (broad SMARTS) is 1. The number of nitrogens with zero attached hydrogens (tertiary/aromatic N) is 5. The molecule has 0 bridgehead atoms. The molecule has 0 aliphatic rings. The first kappa shape index (κ1) is 19.1. The van der Waals surface area contributed by atoms with Gasteiger partial charge in [0.25, 0.3) is 0 Å². The molecule has 0 saturated heterocycles. The van der Waals surface area contributed by atoms with Crippen LogP contribution in [0, 0.1) is 18.3 Å². The Kier molecular flexibility index (Phi) is 4.86. The molecular formula is C22H18N6O2. The summed E-state index contributed by atoms with van der Waals surface area (Å²) in [4.78, 5) is 24.6. The number of benzene rings is 1. The van der Waals surface area contributed by atoms with Crippen LogP contribution in [-0.2, 0) is 0 Å². The number of hydrogen-bond donors (Lipinski definition) is 2. The molecule has 0 spiro atoms. The number of anilines is 1. The van der Waals surface area contributed by atoms with Crippen LogP contribution in [-0.4, -0.2) is 30.4 Å². The molecule has 2 N–H and O–H groups in total. The number of rotatable bonds is 5. The van der Waals surface area contributed by atoms with Gasteiger partial charge in [-0.2, -0.15) is 5.26 Å². The average molecular weight is 398 g/mol. The highest BCUT2D eigenvalue weighted by atomic mass is 16.4. The van der Waals surface area contributed by atoms with Crippen molar-refractivity contribution in [1.82, 2.24) is 19.4 Å². The zero-order chi connectivity index (χ0) is 21.3. The summed E-state index contributed by atoms with van der Waals surface area (Å²) in [6.07, 6.45) is 4.68. The van der Waals surface area contributed by atoms with Crippen molar-refractivity contribution in [2.24, 2.45) is 0 Å². The molecular weight excluding hydrogens is 380 g/mol. The van der Waals surface area contributed by atoms with Crippen molar-refractivity contribution in [3.8, 4) is 17.5 Å². The van der Waals surface area contributed by atoms with Gasteiger partial charge in [-0.1, -0.05) is 30.3 Å². The Balaban J connectivity index is 1.77. The molecule has 0 amide bonds. The molecule has 3 heterocycles. The van der Waals surface area contributed by atoms with Crippen LogP contribution in [0.4, 0.5) is 5.95 Å². The maximum absolute atomic E-state index is 11.4. The largest absolute Gasteiger partial charge is 0.478 e. The van der Waals surface area contributed by atoms with Crippen molar-refractivity contribution in [3.05, 3.63) is 77.2 Å². The highest BCUT2D eigenvalue weighted by Crippen LogP contribution is 2.26. The number of hydrogen-bond acceptors (Lipinski definition) is 6. The van der Waals surface area contributed by atoms with Crippen LogP contribution in [0.5, 0.6) is 0 Å². The predicted octanol–water partition coefficient (Wildman–Crippen LogP) is 3.84. The lowest BCUT2D eigenvalue weighted by Crippen LogP contribution is -2.10. The number of aromatic carboxylic acids is 1.